The average molecular weight is 680 g/mol. The van der Waals surface area contributed by atoms with Gasteiger partial charge in [0.15, 0.2) is 35.8 Å². The molecule has 0 unspecified atom stereocenters. The quantitative estimate of drug-likeness (QED) is 0.0943. The summed E-state index contributed by atoms with van der Waals surface area (Å²) in [6.45, 7) is 5.41. The van der Waals surface area contributed by atoms with Gasteiger partial charge in [-0.2, -0.15) is 5.10 Å². The van der Waals surface area contributed by atoms with Crippen LogP contribution in [-0.2, 0) is 19.1 Å². The van der Waals surface area contributed by atoms with Crippen LogP contribution < -0.4 is 35.0 Å². The number of hydrazone groups is 1. The van der Waals surface area contributed by atoms with E-state index in [1.54, 1.807) is 44.2 Å². The van der Waals surface area contributed by atoms with Crippen molar-refractivity contribution < 1.29 is 47.9 Å². The van der Waals surface area contributed by atoms with Crippen LogP contribution in [0, 0.1) is 0 Å². The number of amides is 2. The van der Waals surface area contributed by atoms with Gasteiger partial charge in [0.05, 0.1) is 49.7 Å². The van der Waals surface area contributed by atoms with Crippen LogP contribution in [0.2, 0.25) is 0 Å². The number of nitrogens with one attached hydrogen (secondary N) is 3. The van der Waals surface area contributed by atoms with Crippen molar-refractivity contribution in [2.45, 2.75) is 33.0 Å². The Labute approximate surface area is 262 Å². The van der Waals surface area contributed by atoms with Crippen molar-refractivity contribution in [2.75, 3.05) is 40.6 Å². The van der Waals surface area contributed by atoms with Crippen molar-refractivity contribution in [3.05, 3.63) is 57.2 Å². The Bertz CT molecular complexity index is 1410. The number of methoxy groups -OCH3 is 2. The molecule has 1 aliphatic heterocycles. The number of halogens is 1. The third kappa shape index (κ3) is 9.00. The minimum Gasteiger partial charge on any atom is -0.490 e. The van der Waals surface area contributed by atoms with Crippen LogP contribution in [-0.4, -0.2) is 76.2 Å². The summed E-state index contributed by atoms with van der Waals surface area (Å²) in [5.74, 6) is 0.271. The second kappa shape index (κ2) is 16.4. The Morgan fingerprint density at radius 3 is 2.45 bits per heavy atom. The third-order valence-corrected chi connectivity index (χ3v) is 6.59. The SMILES string of the molecule is CCOc1cc([C@@H]2NC(=O)NC(C)=C2C(=O)OC)ccc1OC[C@@H](O)N/N=C\c1cc(Br)c(OCC(=O)OC)c(OCC)c1. The first-order valence-electron chi connectivity index (χ1n) is 13.5. The highest BCUT2D eigenvalue weighted by molar-refractivity contribution is 9.10. The Morgan fingerprint density at radius 2 is 1.77 bits per heavy atom. The van der Waals surface area contributed by atoms with Gasteiger partial charge in [0.2, 0.25) is 0 Å². The fourth-order valence-electron chi connectivity index (χ4n) is 4.08. The Balaban J connectivity index is 1.68. The number of nitrogens with zero attached hydrogens (tertiary/aromatic N) is 1. The van der Waals surface area contributed by atoms with Gasteiger partial charge >= 0.3 is 18.0 Å². The maximum atomic E-state index is 12.4. The molecule has 4 N–H and O–H groups in total. The van der Waals surface area contributed by atoms with Gasteiger partial charge < -0.3 is 44.2 Å². The molecule has 0 aromatic heterocycles. The van der Waals surface area contributed by atoms with Crippen molar-refractivity contribution in [3.8, 4) is 23.0 Å². The van der Waals surface area contributed by atoms with Gasteiger partial charge in [-0.25, -0.2) is 14.4 Å². The molecule has 238 valence electrons. The molecule has 1 heterocycles. The van der Waals surface area contributed by atoms with Crippen LogP contribution in [0.5, 0.6) is 23.0 Å². The highest BCUT2D eigenvalue weighted by Gasteiger charge is 2.32. The molecule has 0 radical (unpaired) electrons. The minimum atomic E-state index is -1.20. The fourth-order valence-corrected chi connectivity index (χ4v) is 4.65. The summed E-state index contributed by atoms with van der Waals surface area (Å²) in [7, 11) is 2.53. The topological polar surface area (TPSA) is 175 Å². The maximum absolute atomic E-state index is 12.4. The summed E-state index contributed by atoms with van der Waals surface area (Å²) in [5, 5.41) is 19.8. The van der Waals surface area contributed by atoms with E-state index in [-0.39, 0.29) is 18.8 Å². The summed E-state index contributed by atoms with van der Waals surface area (Å²) in [4.78, 5) is 36.0. The number of rotatable bonds is 15. The molecule has 0 aliphatic carbocycles. The molecule has 0 bridgehead atoms. The first kappa shape index (κ1) is 34.0. The zero-order chi connectivity index (χ0) is 32.2. The monoisotopic (exact) mass is 678 g/mol. The zero-order valence-electron chi connectivity index (χ0n) is 24.9. The number of aliphatic hydroxyl groups excluding tert-OH is 1. The number of hydrogen-bond acceptors (Lipinski definition) is 12. The van der Waals surface area contributed by atoms with E-state index in [0.29, 0.717) is 57.5 Å². The smallest absolute Gasteiger partial charge is 0.343 e. The number of urea groups is 1. The summed E-state index contributed by atoms with van der Waals surface area (Å²) < 4.78 is 32.7. The van der Waals surface area contributed by atoms with E-state index in [0.717, 1.165) is 0 Å². The Kier molecular flexibility index (Phi) is 12.7. The minimum absolute atomic E-state index is 0.193. The van der Waals surface area contributed by atoms with Gasteiger partial charge in [-0.1, -0.05) is 6.07 Å². The number of esters is 2. The molecule has 2 amide bonds. The molecule has 2 aromatic carbocycles. The highest BCUT2D eigenvalue weighted by atomic mass is 79.9. The Morgan fingerprint density at radius 1 is 1.05 bits per heavy atom. The average Bonchev–Trinajstić information content (AvgIpc) is 2.99. The van der Waals surface area contributed by atoms with Crippen LogP contribution in [0.25, 0.3) is 0 Å². The fraction of sp³-hybridized carbons (Fsp3) is 0.379. The lowest BCUT2D eigenvalue weighted by Gasteiger charge is -2.28. The van der Waals surface area contributed by atoms with Crippen LogP contribution in [0.3, 0.4) is 0 Å². The van der Waals surface area contributed by atoms with Gasteiger partial charge in [-0.15, -0.1) is 0 Å². The summed E-state index contributed by atoms with van der Waals surface area (Å²) in [6, 6.07) is 7.07. The number of carbonyl (C=O) groups excluding carboxylic acids is 3. The first-order chi connectivity index (χ1) is 21.1. The molecule has 0 saturated carbocycles. The van der Waals surface area contributed by atoms with Crippen LogP contribution in [0.4, 0.5) is 4.79 Å². The number of benzene rings is 2. The second-order valence-corrected chi connectivity index (χ2v) is 9.90. The molecule has 2 aromatic rings. The third-order valence-electron chi connectivity index (χ3n) is 6.00. The van der Waals surface area contributed by atoms with Gasteiger partial charge in [0.1, 0.15) is 6.61 Å². The predicted octanol–water partition coefficient (Wildman–Crippen LogP) is 2.92. The van der Waals surface area contributed by atoms with Crippen LogP contribution in [0.1, 0.15) is 37.9 Å². The molecule has 0 fully saturated rings. The van der Waals surface area contributed by atoms with E-state index in [1.807, 2.05) is 6.92 Å². The molecular formula is C29H35BrN4O10. The standard InChI is InChI=1S/C29H35BrN4O10/c1-6-41-21-12-18(26-25(28(37)40-5)16(3)32-29(38)33-26)8-9-20(21)43-14-23(35)34-31-13-17-10-19(30)27(22(11-17)42-7-2)44-15-24(36)39-4/h8-13,23,26,34-35H,6-7,14-15H2,1-5H3,(H2,32,33,38)/b31-13-/t23-,26+/m1/s1. The first-order valence-corrected chi connectivity index (χ1v) is 14.3. The molecule has 44 heavy (non-hydrogen) atoms. The normalized spacial score (nSPS) is 15.2. The molecule has 15 heteroatoms. The molecular weight excluding hydrogens is 644 g/mol. The molecule has 0 saturated heterocycles. The van der Waals surface area contributed by atoms with Gasteiger partial charge in [0.25, 0.3) is 0 Å². The molecule has 0 spiro atoms. The van der Waals surface area contributed by atoms with Crippen molar-refractivity contribution in [3.63, 3.8) is 0 Å². The van der Waals surface area contributed by atoms with Crippen molar-refractivity contribution >= 4 is 40.1 Å². The molecule has 3 rings (SSSR count). The Hall–Kier alpha value is -4.50. The van der Waals surface area contributed by atoms with Crippen LogP contribution >= 0.6 is 15.9 Å². The number of carbonyl (C=O) groups is 3. The maximum Gasteiger partial charge on any atom is 0.343 e. The lowest BCUT2D eigenvalue weighted by atomic mass is 9.95. The number of hydrogen-bond donors (Lipinski definition) is 4. The van der Waals surface area contributed by atoms with E-state index in [1.165, 1.54) is 20.4 Å². The van der Waals surface area contributed by atoms with Gasteiger partial charge in [-0.05, 0) is 72.1 Å². The second-order valence-electron chi connectivity index (χ2n) is 9.04. The molecule has 2 atom stereocenters. The number of aliphatic hydroxyl groups is 1. The summed E-state index contributed by atoms with van der Waals surface area (Å²) >= 11 is 3.41. The van der Waals surface area contributed by atoms with E-state index >= 15 is 0 Å². The van der Waals surface area contributed by atoms with E-state index in [2.05, 4.69) is 41.8 Å². The zero-order valence-corrected chi connectivity index (χ0v) is 26.5. The van der Waals surface area contributed by atoms with E-state index < -0.39 is 30.2 Å². The van der Waals surface area contributed by atoms with Crippen molar-refractivity contribution in [1.82, 2.24) is 16.1 Å². The van der Waals surface area contributed by atoms with E-state index in [4.69, 9.17) is 23.7 Å². The van der Waals surface area contributed by atoms with Gasteiger partial charge in [-0.3, -0.25) is 5.43 Å². The summed E-state index contributed by atoms with van der Waals surface area (Å²) in [6.07, 6.45) is 0.265. The number of allylic oxidation sites excluding steroid dienone is 1. The number of ether oxygens (including phenoxy) is 6. The van der Waals surface area contributed by atoms with Gasteiger partial charge in [0, 0.05) is 5.70 Å². The van der Waals surface area contributed by atoms with E-state index in [9.17, 15) is 19.5 Å². The predicted molar refractivity (Wildman–Crippen MR) is 162 cm³/mol. The lowest BCUT2D eigenvalue weighted by molar-refractivity contribution is -0.143. The largest absolute Gasteiger partial charge is 0.490 e. The lowest BCUT2D eigenvalue weighted by Crippen LogP contribution is -2.45. The highest BCUT2D eigenvalue weighted by Crippen LogP contribution is 2.37. The molecule has 1 aliphatic rings. The summed E-state index contributed by atoms with van der Waals surface area (Å²) in [5.41, 5.74) is 4.39. The van der Waals surface area contributed by atoms with Crippen molar-refractivity contribution in [1.29, 1.82) is 0 Å². The molecule has 14 nitrogen and oxygen atoms in total. The van der Waals surface area contributed by atoms with Crippen molar-refractivity contribution in [2.24, 2.45) is 5.10 Å². The van der Waals surface area contributed by atoms with Crippen LogP contribution in [0.15, 0.2) is 51.2 Å².